The fourth-order valence-corrected chi connectivity index (χ4v) is 0.897. The van der Waals surface area contributed by atoms with Crippen LogP contribution in [0.4, 0.5) is 0 Å². The van der Waals surface area contributed by atoms with Crippen molar-refractivity contribution in [1.29, 1.82) is 0 Å². The molecular formula is C6H11NO. The standard InChI is InChI=1S/C6H11NO/c1-4(7)5-2-6(8)3-5/h4-5H,2-3,7H2,1H3/t4-/m1/s1. The third-order valence-corrected chi connectivity index (χ3v) is 1.72. The van der Waals surface area contributed by atoms with Gasteiger partial charge < -0.3 is 5.73 Å². The summed E-state index contributed by atoms with van der Waals surface area (Å²) in [5.74, 6) is 0.856. The number of carbonyl (C=O) groups is 1. The van der Waals surface area contributed by atoms with Crippen LogP contribution in [0.25, 0.3) is 0 Å². The fraction of sp³-hybridized carbons (Fsp3) is 0.833. The van der Waals surface area contributed by atoms with Crippen molar-refractivity contribution < 1.29 is 4.79 Å². The number of ketones is 1. The molecule has 1 atom stereocenters. The summed E-state index contributed by atoms with van der Waals surface area (Å²) in [6.07, 6.45) is 1.44. The van der Waals surface area contributed by atoms with Crippen molar-refractivity contribution >= 4 is 5.78 Å². The summed E-state index contributed by atoms with van der Waals surface area (Å²) in [7, 11) is 0. The molecule has 46 valence electrons. The molecule has 0 aromatic heterocycles. The van der Waals surface area contributed by atoms with Crippen molar-refractivity contribution in [2.24, 2.45) is 11.7 Å². The highest BCUT2D eigenvalue weighted by Crippen LogP contribution is 2.24. The Balaban J connectivity index is 2.25. The van der Waals surface area contributed by atoms with E-state index in [4.69, 9.17) is 5.73 Å². The minimum absolute atomic E-state index is 0.215. The Morgan fingerprint density at radius 1 is 1.75 bits per heavy atom. The van der Waals surface area contributed by atoms with Gasteiger partial charge in [-0.2, -0.15) is 0 Å². The lowest BCUT2D eigenvalue weighted by Gasteiger charge is -2.27. The van der Waals surface area contributed by atoms with Gasteiger partial charge in [-0.1, -0.05) is 0 Å². The first-order chi connectivity index (χ1) is 3.70. The molecule has 2 nitrogen and oxygen atoms in total. The Morgan fingerprint density at radius 3 is 2.38 bits per heavy atom. The van der Waals surface area contributed by atoms with Gasteiger partial charge >= 0.3 is 0 Å². The minimum Gasteiger partial charge on any atom is -0.328 e. The Kier molecular flexibility index (Phi) is 1.34. The van der Waals surface area contributed by atoms with Gasteiger partial charge in [0.1, 0.15) is 5.78 Å². The summed E-state index contributed by atoms with van der Waals surface area (Å²) in [5, 5.41) is 0. The van der Waals surface area contributed by atoms with E-state index in [9.17, 15) is 4.79 Å². The van der Waals surface area contributed by atoms with Gasteiger partial charge in [0.25, 0.3) is 0 Å². The van der Waals surface area contributed by atoms with Crippen molar-refractivity contribution in [2.75, 3.05) is 0 Å². The van der Waals surface area contributed by atoms with E-state index >= 15 is 0 Å². The number of nitrogens with two attached hydrogens (primary N) is 1. The predicted molar refractivity (Wildman–Crippen MR) is 31.4 cm³/mol. The maximum atomic E-state index is 10.4. The molecule has 1 fully saturated rings. The zero-order valence-electron chi connectivity index (χ0n) is 5.05. The first-order valence-electron chi connectivity index (χ1n) is 2.97. The molecule has 0 radical (unpaired) electrons. The van der Waals surface area contributed by atoms with Crippen LogP contribution in [0.2, 0.25) is 0 Å². The second kappa shape index (κ2) is 1.86. The van der Waals surface area contributed by atoms with Gasteiger partial charge in [-0.05, 0) is 12.8 Å². The van der Waals surface area contributed by atoms with Crippen LogP contribution in [0.1, 0.15) is 19.8 Å². The van der Waals surface area contributed by atoms with Crippen molar-refractivity contribution in [2.45, 2.75) is 25.8 Å². The average Bonchev–Trinajstić information content (AvgIpc) is 1.57. The highest BCUT2D eigenvalue weighted by atomic mass is 16.1. The molecule has 8 heavy (non-hydrogen) atoms. The molecule has 0 saturated heterocycles. The molecule has 0 aromatic rings. The lowest BCUT2D eigenvalue weighted by atomic mass is 9.80. The van der Waals surface area contributed by atoms with Crippen LogP contribution in [-0.2, 0) is 4.79 Å². The van der Waals surface area contributed by atoms with Crippen LogP contribution in [0.15, 0.2) is 0 Å². The normalized spacial score (nSPS) is 25.0. The highest BCUT2D eigenvalue weighted by Gasteiger charge is 2.28. The molecule has 0 spiro atoms. The average molecular weight is 113 g/mol. The van der Waals surface area contributed by atoms with Crippen LogP contribution < -0.4 is 5.73 Å². The molecule has 0 unspecified atom stereocenters. The third kappa shape index (κ3) is 0.892. The van der Waals surface area contributed by atoms with Crippen LogP contribution in [0.5, 0.6) is 0 Å². The summed E-state index contributed by atoms with van der Waals surface area (Å²) < 4.78 is 0. The topological polar surface area (TPSA) is 43.1 Å². The first-order valence-corrected chi connectivity index (χ1v) is 2.97. The first kappa shape index (κ1) is 5.76. The Hall–Kier alpha value is -0.370. The number of rotatable bonds is 1. The van der Waals surface area contributed by atoms with E-state index in [1.54, 1.807) is 0 Å². The zero-order valence-corrected chi connectivity index (χ0v) is 5.05. The molecular weight excluding hydrogens is 102 g/mol. The molecule has 0 aliphatic heterocycles. The Morgan fingerprint density at radius 2 is 2.25 bits per heavy atom. The summed E-state index contributed by atoms with van der Waals surface area (Å²) in [4.78, 5) is 10.4. The van der Waals surface area contributed by atoms with E-state index in [0.717, 1.165) is 12.8 Å². The molecule has 2 N–H and O–H groups in total. The van der Waals surface area contributed by atoms with Gasteiger partial charge in [0.15, 0.2) is 0 Å². The molecule has 1 saturated carbocycles. The van der Waals surface area contributed by atoms with Crippen LogP contribution in [-0.4, -0.2) is 11.8 Å². The number of hydrogen-bond donors (Lipinski definition) is 1. The molecule has 0 aromatic carbocycles. The minimum atomic E-state index is 0.215. The second-order valence-electron chi connectivity index (χ2n) is 2.57. The van der Waals surface area contributed by atoms with E-state index in [0.29, 0.717) is 11.7 Å². The van der Waals surface area contributed by atoms with Gasteiger partial charge in [-0.3, -0.25) is 4.79 Å². The van der Waals surface area contributed by atoms with Gasteiger partial charge in [0, 0.05) is 18.9 Å². The van der Waals surface area contributed by atoms with Crippen LogP contribution in [0.3, 0.4) is 0 Å². The van der Waals surface area contributed by atoms with E-state index < -0.39 is 0 Å². The van der Waals surface area contributed by atoms with E-state index in [1.165, 1.54) is 0 Å². The molecule has 0 bridgehead atoms. The van der Waals surface area contributed by atoms with Crippen molar-refractivity contribution in [3.63, 3.8) is 0 Å². The summed E-state index contributed by atoms with van der Waals surface area (Å²) in [5.41, 5.74) is 5.51. The van der Waals surface area contributed by atoms with Gasteiger partial charge in [-0.25, -0.2) is 0 Å². The SMILES string of the molecule is C[C@@H](N)C1CC(=O)C1. The quantitative estimate of drug-likeness (QED) is 0.532. The fourth-order valence-electron chi connectivity index (χ4n) is 0.897. The lowest BCUT2D eigenvalue weighted by Crippen LogP contribution is -2.37. The van der Waals surface area contributed by atoms with Crippen LogP contribution in [0, 0.1) is 5.92 Å². The third-order valence-electron chi connectivity index (χ3n) is 1.72. The molecule has 1 rings (SSSR count). The van der Waals surface area contributed by atoms with Crippen LogP contribution >= 0.6 is 0 Å². The summed E-state index contributed by atoms with van der Waals surface area (Å²) in [6, 6.07) is 0.215. The monoisotopic (exact) mass is 113 g/mol. The molecule has 1 aliphatic rings. The number of Topliss-reactive ketones (excluding diaryl/α,β-unsaturated/α-hetero) is 1. The maximum Gasteiger partial charge on any atom is 0.133 e. The van der Waals surface area contributed by atoms with Gasteiger partial charge in [0.05, 0.1) is 0 Å². The zero-order chi connectivity index (χ0) is 6.15. The number of hydrogen-bond acceptors (Lipinski definition) is 2. The Labute approximate surface area is 49.1 Å². The Bertz CT molecular complexity index is 101. The summed E-state index contributed by atoms with van der Waals surface area (Å²) >= 11 is 0. The highest BCUT2D eigenvalue weighted by molar-refractivity contribution is 5.84. The molecule has 1 aliphatic carbocycles. The van der Waals surface area contributed by atoms with Gasteiger partial charge in [-0.15, -0.1) is 0 Å². The smallest absolute Gasteiger partial charge is 0.133 e. The molecule has 2 heteroatoms. The van der Waals surface area contributed by atoms with Crippen molar-refractivity contribution in [1.82, 2.24) is 0 Å². The van der Waals surface area contributed by atoms with Gasteiger partial charge in [0.2, 0.25) is 0 Å². The summed E-state index contributed by atoms with van der Waals surface area (Å²) in [6.45, 7) is 1.96. The van der Waals surface area contributed by atoms with E-state index in [-0.39, 0.29) is 6.04 Å². The molecule has 0 heterocycles. The number of carbonyl (C=O) groups excluding carboxylic acids is 1. The van der Waals surface area contributed by atoms with Crippen molar-refractivity contribution in [3.8, 4) is 0 Å². The molecule has 0 amide bonds. The van der Waals surface area contributed by atoms with E-state index in [1.807, 2.05) is 6.92 Å². The largest absolute Gasteiger partial charge is 0.328 e. The van der Waals surface area contributed by atoms with Crippen molar-refractivity contribution in [3.05, 3.63) is 0 Å². The maximum absolute atomic E-state index is 10.4. The second-order valence-corrected chi connectivity index (χ2v) is 2.57. The lowest BCUT2D eigenvalue weighted by molar-refractivity contribution is -0.127. The van der Waals surface area contributed by atoms with E-state index in [2.05, 4.69) is 0 Å². The predicted octanol–water partition coefficient (Wildman–Crippen LogP) is 0.313.